The Labute approximate surface area is 199 Å². The Morgan fingerprint density at radius 3 is 2.53 bits per heavy atom. The van der Waals surface area contributed by atoms with E-state index in [1.807, 2.05) is 59.5 Å². The number of anilines is 1. The number of likely N-dealkylation sites (tertiary alicyclic amines) is 1. The third-order valence-corrected chi connectivity index (χ3v) is 6.03. The molecule has 1 unspecified atom stereocenters. The maximum Gasteiger partial charge on any atom is 0.354 e. The third-order valence-electron chi connectivity index (χ3n) is 6.03. The van der Waals surface area contributed by atoms with E-state index >= 15 is 0 Å². The molecule has 2 aliphatic heterocycles. The van der Waals surface area contributed by atoms with Crippen LogP contribution in [0.15, 0.2) is 59.7 Å². The number of benzene rings is 2. The number of ether oxygens (including phenoxy) is 1. The smallest absolute Gasteiger partial charge is 0.354 e. The van der Waals surface area contributed by atoms with E-state index in [9.17, 15) is 14.4 Å². The fraction of sp³-hybridized carbons (Fsp3) is 0.385. The van der Waals surface area contributed by atoms with E-state index in [2.05, 4.69) is 10.4 Å². The van der Waals surface area contributed by atoms with Gasteiger partial charge in [0.05, 0.1) is 12.3 Å². The first kappa shape index (κ1) is 23.5. The van der Waals surface area contributed by atoms with Gasteiger partial charge in [-0.1, -0.05) is 30.3 Å². The van der Waals surface area contributed by atoms with Crippen molar-refractivity contribution >= 4 is 29.2 Å². The lowest BCUT2D eigenvalue weighted by atomic mass is 10.1. The van der Waals surface area contributed by atoms with Gasteiger partial charge in [-0.3, -0.25) is 14.6 Å². The molecule has 4 rings (SSSR count). The van der Waals surface area contributed by atoms with Crippen LogP contribution in [0.2, 0.25) is 0 Å². The van der Waals surface area contributed by atoms with Gasteiger partial charge in [0.1, 0.15) is 11.8 Å². The van der Waals surface area contributed by atoms with Crippen LogP contribution in [0.25, 0.3) is 0 Å². The quantitative estimate of drug-likeness (QED) is 0.639. The SMILES string of the molecule is CCOC(=O)C1=NN(c2ccccc2)C(C(=O)NCc2cccc(C(=O)N3CCCCC3)c2)C1. The Hall–Kier alpha value is -3.68. The molecular weight excluding hydrogens is 432 g/mol. The zero-order chi connectivity index (χ0) is 23.9. The molecule has 0 bridgehead atoms. The maximum atomic E-state index is 13.1. The molecule has 1 fully saturated rings. The summed E-state index contributed by atoms with van der Waals surface area (Å²) in [5, 5.41) is 8.90. The molecule has 2 aliphatic rings. The number of nitrogens with one attached hydrogen (secondary N) is 1. The van der Waals surface area contributed by atoms with Crippen LogP contribution in [0.1, 0.15) is 48.5 Å². The predicted octanol–water partition coefficient (Wildman–Crippen LogP) is 3.13. The van der Waals surface area contributed by atoms with E-state index in [1.54, 1.807) is 11.9 Å². The maximum absolute atomic E-state index is 13.1. The van der Waals surface area contributed by atoms with Gasteiger partial charge in [0, 0.05) is 31.6 Å². The Balaban J connectivity index is 1.43. The monoisotopic (exact) mass is 462 g/mol. The van der Waals surface area contributed by atoms with Gasteiger partial charge in [-0.2, -0.15) is 5.10 Å². The van der Waals surface area contributed by atoms with Crippen LogP contribution in [0.4, 0.5) is 5.69 Å². The second-order valence-electron chi connectivity index (χ2n) is 8.44. The highest BCUT2D eigenvalue weighted by molar-refractivity contribution is 6.38. The summed E-state index contributed by atoms with van der Waals surface area (Å²) in [4.78, 5) is 40.1. The first-order valence-corrected chi connectivity index (χ1v) is 11.8. The van der Waals surface area contributed by atoms with Crippen molar-refractivity contribution in [3.63, 3.8) is 0 Å². The molecule has 0 aliphatic carbocycles. The summed E-state index contributed by atoms with van der Waals surface area (Å²) in [5.74, 6) is -0.728. The molecule has 2 aromatic rings. The van der Waals surface area contributed by atoms with Crippen molar-refractivity contribution < 1.29 is 19.1 Å². The Kier molecular flexibility index (Phi) is 7.57. The third kappa shape index (κ3) is 5.44. The van der Waals surface area contributed by atoms with Gasteiger partial charge in [-0.15, -0.1) is 0 Å². The fourth-order valence-corrected chi connectivity index (χ4v) is 4.27. The van der Waals surface area contributed by atoms with Crippen molar-refractivity contribution in [2.24, 2.45) is 5.10 Å². The molecule has 1 atom stereocenters. The molecule has 1 saturated heterocycles. The summed E-state index contributed by atoms with van der Waals surface area (Å²) in [5.41, 5.74) is 2.41. The lowest BCUT2D eigenvalue weighted by Crippen LogP contribution is -2.42. The number of esters is 1. The van der Waals surface area contributed by atoms with Crippen molar-refractivity contribution in [1.29, 1.82) is 0 Å². The minimum Gasteiger partial charge on any atom is -0.461 e. The molecule has 2 aromatic carbocycles. The normalized spacial score (nSPS) is 17.8. The number of rotatable bonds is 7. The molecule has 178 valence electrons. The lowest BCUT2D eigenvalue weighted by Gasteiger charge is -2.27. The van der Waals surface area contributed by atoms with Crippen LogP contribution in [-0.4, -0.2) is 54.1 Å². The average molecular weight is 463 g/mol. The largest absolute Gasteiger partial charge is 0.461 e. The summed E-state index contributed by atoms with van der Waals surface area (Å²) in [7, 11) is 0. The summed E-state index contributed by atoms with van der Waals surface area (Å²) in [6.45, 7) is 3.83. The molecule has 1 N–H and O–H groups in total. The molecule has 0 saturated carbocycles. The number of para-hydroxylation sites is 1. The van der Waals surface area contributed by atoms with Crippen molar-refractivity contribution in [2.45, 2.75) is 45.2 Å². The fourth-order valence-electron chi connectivity index (χ4n) is 4.27. The number of nitrogens with zero attached hydrogens (tertiary/aromatic N) is 3. The van der Waals surface area contributed by atoms with E-state index in [0.717, 1.165) is 37.2 Å². The average Bonchev–Trinajstić information content (AvgIpc) is 3.34. The molecule has 0 radical (unpaired) electrons. The van der Waals surface area contributed by atoms with Gasteiger partial charge >= 0.3 is 5.97 Å². The first-order valence-electron chi connectivity index (χ1n) is 11.8. The van der Waals surface area contributed by atoms with E-state index in [4.69, 9.17) is 4.74 Å². The van der Waals surface area contributed by atoms with Crippen molar-refractivity contribution in [3.8, 4) is 0 Å². The topological polar surface area (TPSA) is 91.3 Å². The highest BCUT2D eigenvalue weighted by Gasteiger charge is 2.36. The van der Waals surface area contributed by atoms with Crippen LogP contribution in [0.3, 0.4) is 0 Å². The predicted molar refractivity (Wildman–Crippen MR) is 129 cm³/mol. The number of amides is 2. The lowest BCUT2D eigenvalue weighted by molar-refractivity contribution is -0.135. The van der Waals surface area contributed by atoms with Crippen LogP contribution < -0.4 is 10.3 Å². The Morgan fingerprint density at radius 2 is 1.79 bits per heavy atom. The highest BCUT2D eigenvalue weighted by atomic mass is 16.5. The van der Waals surface area contributed by atoms with E-state index in [-0.39, 0.29) is 37.1 Å². The molecular formula is C26H30N4O4. The summed E-state index contributed by atoms with van der Waals surface area (Å²) < 4.78 is 5.09. The first-order chi connectivity index (χ1) is 16.6. The van der Waals surface area contributed by atoms with Gasteiger partial charge in [-0.25, -0.2) is 4.79 Å². The minimum absolute atomic E-state index is 0.0337. The highest BCUT2D eigenvalue weighted by Crippen LogP contribution is 2.25. The zero-order valence-electron chi connectivity index (χ0n) is 19.4. The minimum atomic E-state index is -0.667. The van der Waals surface area contributed by atoms with Crippen LogP contribution in [-0.2, 0) is 20.9 Å². The summed E-state index contributed by atoms with van der Waals surface area (Å²) in [6.07, 6.45) is 3.40. The van der Waals surface area contributed by atoms with Gasteiger partial charge < -0.3 is 15.0 Å². The molecule has 2 heterocycles. The molecule has 34 heavy (non-hydrogen) atoms. The van der Waals surface area contributed by atoms with Gasteiger partial charge in [0.2, 0.25) is 5.91 Å². The van der Waals surface area contributed by atoms with E-state index in [0.29, 0.717) is 5.56 Å². The number of hydrogen-bond acceptors (Lipinski definition) is 6. The van der Waals surface area contributed by atoms with Crippen molar-refractivity contribution in [2.75, 3.05) is 24.7 Å². The van der Waals surface area contributed by atoms with Gasteiger partial charge in [0.15, 0.2) is 0 Å². The van der Waals surface area contributed by atoms with Crippen molar-refractivity contribution in [1.82, 2.24) is 10.2 Å². The Morgan fingerprint density at radius 1 is 1.03 bits per heavy atom. The summed E-state index contributed by atoms with van der Waals surface area (Å²) in [6, 6.07) is 16.0. The molecule has 2 amide bonds. The van der Waals surface area contributed by atoms with E-state index in [1.165, 1.54) is 6.42 Å². The number of piperidine rings is 1. The van der Waals surface area contributed by atoms with Crippen molar-refractivity contribution in [3.05, 3.63) is 65.7 Å². The van der Waals surface area contributed by atoms with E-state index < -0.39 is 12.0 Å². The Bertz CT molecular complexity index is 1060. The molecule has 0 spiro atoms. The van der Waals surface area contributed by atoms with Crippen LogP contribution in [0, 0.1) is 0 Å². The molecule has 0 aromatic heterocycles. The second kappa shape index (κ2) is 11.0. The number of hydrazone groups is 1. The molecule has 8 heteroatoms. The summed E-state index contributed by atoms with van der Waals surface area (Å²) >= 11 is 0. The van der Waals surface area contributed by atoms with Crippen LogP contribution >= 0.6 is 0 Å². The number of carbonyl (C=O) groups is 3. The number of hydrogen-bond donors (Lipinski definition) is 1. The number of carbonyl (C=O) groups excluding carboxylic acids is 3. The zero-order valence-corrected chi connectivity index (χ0v) is 19.4. The second-order valence-corrected chi connectivity index (χ2v) is 8.44. The standard InChI is InChI=1S/C26H30N4O4/c1-2-34-26(33)22-17-23(30(28-22)21-12-5-3-6-13-21)24(31)27-18-19-10-9-11-20(16-19)25(32)29-14-7-4-8-15-29/h3,5-6,9-13,16,23H,2,4,7-8,14-15,17-18H2,1H3,(H,27,31). The van der Waals surface area contributed by atoms with Crippen LogP contribution in [0.5, 0.6) is 0 Å². The molecule has 8 nitrogen and oxygen atoms in total. The van der Waals surface area contributed by atoms with Gasteiger partial charge in [-0.05, 0) is 56.0 Å². The van der Waals surface area contributed by atoms with Gasteiger partial charge in [0.25, 0.3) is 5.91 Å².